The van der Waals surface area contributed by atoms with Gasteiger partial charge in [0.1, 0.15) is 5.75 Å². The third-order valence-electron chi connectivity index (χ3n) is 1.62. The van der Waals surface area contributed by atoms with E-state index in [1.54, 1.807) is 19.5 Å². The predicted octanol–water partition coefficient (Wildman–Crippen LogP) is 2.42. The van der Waals surface area contributed by atoms with Crippen molar-refractivity contribution in [1.82, 2.24) is 4.98 Å². The first kappa shape index (κ1) is 10.1. The van der Waals surface area contributed by atoms with E-state index in [9.17, 15) is 0 Å². The number of pyridine rings is 1. The predicted molar refractivity (Wildman–Crippen MR) is 58.3 cm³/mol. The molecule has 0 atom stereocenters. The van der Waals surface area contributed by atoms with Crippen LogP contribution in [0.2, 0.25) is 0 Å². The molecule has 0 aliphatic heterocycles. The number of thiol groups is 1. The fourth-order valence-corrected chi connectivity index (χ4v) is 1.14. The minimum Gasteiger partial charge on any atom is -0.496 e. The summed E-state index contributed by atoms with van der Waals surface area (Å²) in [5, 5.41) is 0. The minimum atomic E-state index is 0.852. The smallest absolute Gasteiger partial charge is 0.129 e. The molecule has 3 heteroatoms. The van der Waals surface area contributed by atoms with Crippen LogP contribution in [0, 0.1) is 0 Å². The van der Waals surface area contributed by atoms with Crippen molar-refractivity contribution in [3.05, 3.63) is 30.1 Å². The van der Waals surface area contributed by atoms with Gasteiger partial charge in [-0.25, -0.2) is 0 Å². The summed E-state index contributed by atoms with van der Waals surface area (Å²) in [7, 11) is 1.66. The summed E-state index contributed by atoms with van der Waals surface area (Å²) >= 11 is 4.12. The molecule has 0 unspecified atom stereocenters. The molecule has 1 rings (SSSR count). The number of hydrogen-bond acceptors (Lipinski definition) is 3. The maximum absolute atomic E-state index is 5.17. The van der Waals surface area contributed by atoms with E-state index in [4.69, 9.17) is 4.74 Å². The number of methoxy groups -OCH3 is 1. The average molecular weight is 195 g/mol. The molecule has 1 aromatic heterocycles. The summed E-state index contributed by atoms with van der Waals surface area (Å²) in [4.78, 5) is 4.02. The maximum Gasteiger partial charge on any atom is 0.129 e. The van der Waals surface area contributed by atoms with Crippen LogP contribution in [-0.4, -0.2) is 17.8 Å². The van der Waals surface area contributed by atoms with Gasteiger partial charge in [0, 0.05) is 18.0 Å². The Kier molecular flexibility index (Phi) is 4.40. The lowest BCUT2D eigenvalue weighted by molar-refractivity contribution is 0.413. The zero-order valence-corrected chi connectivity index (χ0v) is 8.50. The highest BCUT2D eigenvalue weighted by Crippen LogP contribution is 2.17. The highest BCUT2D eigenvalue weighted by molar-refractivity contribution is 7.80. The van der Waals surface area contributed by atoms with Gasteiger partial charge in [-0.1, -0.05) is 12.2 Å². The Bertz CT molecular complexity index is 286. The number of ether oxygens (including phenoxy) is 1. The normalized spacial score (nSPS) is 10.6. The quantitative estimate of drug-likeness (QED) is 0.745. The lowest BCUT2D eigenvalue weighted by Gasteiger charge is -2.02. The number of allylic oxidation sites excluding steroid dienone is 1. The van der Waals surface area contributed by atoms with Gasteiger partial charge < -0.3 is 4.74 Å². The van der Waals surface area contributed by atoms with Crippen molar-refractivity contribution >= 4 is 18.7 Å². The van der Waals surface area contributed by atoms with Crippen molar-refractivity contribution in [2.45, 2.75) is 6.42 Å². The molecule has 0 amide bonds. The van der Waals surface area contributed by atoms with E-state index in [0.29, 0.717) is 0 Å². The first-order valence-electron chi connectivity index (χ1n) is 4.14. The fourth-order valence-electron chi connectivity index (χ4n) is 0.990. The molecule has 0 aromatic carbocycles. The van der Waals surface area contributed by atoms with Crippen LogP contribution in [0.25, 0.3) is 6.08 Å². The molecular weight excluding hydrogens is 182 g/mol. The molecule has 0 saturated carbocycles. The molecule has 2 nitrogen and oxygen atoms in total. The molecule has 0 saturated heterocycles. The van der Waals surface area contributed by atoms with Crippen LogP contribution in [0.1, 0.15) is 12.0 Å². The molecule has 1 heterocycles. The van der Waals surface area contributed by atoms with E-state index >= 15 is 0 Å². The largest absolute Gasteiger partial charge is 0.496 e. The van der Waals surface area contributed by atoms with Gasteiger partial charge in [0.2, 0.25) is 0 Å². The Morgan fingerprint density at radius 1 is 1.62 bits per heavy atom. The Hall–Kier alpha value is -0.960. The molecule has 0 aliphatic rings. The topological polar surface area (TPSA) is 22.1 Å². The molecular formula is C10H13NOS. The van der Waals surface area contributed by atoms with Crippen molar-refractivity contribution in [1.29, 1.82) is 0 Å². The molecule has 0 N–H and O–H groups in total. The van der Waals surface area contributed by atoms with Crippen LogP contribution >= 0.6 is 12.6 Å². The third kappa shape index (κ3) is 3.11. The molecule has 0 bridgehead atoms. The minimum absolute atomic E-state index is 0.852. The van der Waals surface area contributed by atoms with Crippen LogP contribution < -0.4 is 4.74 Å². The molecule has 0 fully saturated rings. The summed E-state index contributed by atoms with van der Waals surface area (Å²) in [5.41, 5.74) is 1.01. The summed E-state index contributed by atoms with van der Waals surface area (Å²) < 4.78 is 5.17. The summed E-state index contributed by atoms with van der Waals surface area (Å²) in [5.74, 6) is 1.71. The first-order chi connectivity index (χ1) is 6.38. The van der Waals surface area contributed by atoms with Gasteiger partial charge in [-0.3, -0.25) is 4.98 Å². The van der Waals surface area contributed by atoms with Gasteiger partial charge in [0.15, 0.2) is 0 Å². The average Bonchev–Trinajstić information content (AvgIpc) is 2.19. The second kappa shape index (κ2) is 5.65. The van der Waals surface area contributed by atoms with E-state index in [2.05, 4.69) is 23.7 Å². The number of aromatic nitrogens is 1. The second-order valence-electron chi connectivity index (χ2n) is 2.53. The maximum atomic E-state index is 5.17. The van der Waals surface area contributed by atoms with Crippen LogP contribution in [0.5, 0.6) is 5.75 Å². The first-order valence-corrected chi connectivity index (χ1v) is 4.77. The van der Waals surface area contributed by atoms with Crippen molar-refractivity contribution in [2.24, 2.45) is 0 Å². The molecule has 0 spiro atoms. The third-order valence-corrected chi connectivity index (χ3v) is 1.88. The summed E-state index contributed by atoms with van der Waals surface area (Å²) in [6.45, 7) is 0. The van der Waals surface area contributed by atoms with Crippen molar-refractivity contribution < 1.29 is 4.74 Å². The van der Waals surface area contributed by atoms with Gasteiger partial charge in [-0.05, 0) is 18.2 Å². The van der Waals surface area contributed by atoms with Crippen molar-refractivity contribution in [3.8, 4) is 5.75 Å². The zero-order valence-electron chi connectivity index (χ0n) is 7.60. The SMILES string of the molecule is COc1ccncc1C=CCCS. The molecule has 1 aromatic rings. The highest BCUT2D eigenvalue weighted by Gasteiger charge is 1.96. The summed E-state index contributed by atoms with van der Waals surface area (Å²) in [6, 6.07) is 1.85. The van der Waals surface area contributed by atoms with Gasteiger partial charge in [-0.2, -0.15) is 12.6 Å². The molecule has 0 aliphatic carbocycles. The standard InChI is InChI=1S/C10H13NOS/c1-12-10-5-6-11-8-9(10)4-2-3-7-13/h2,4-6,8,13H,3,7H2,1H3. The van der Waals surface area contributed by atoms with Crippen LogP contribution in [0.15, 0.2) is 24.5 Å². The van der Waals surface area contributed by atoms with E-state index < -0.39 is 0 Å². The Labute approximate surface area is 84.1 Å². The molecule has 0 radical (unpaired) electrons. The Morgan fingerprint density at radius 2 is 2.46 bits per heavy atom. The van der Waals surface area contributed by atoms with Gasteiger partial charge in [0.25, 0.3) is 0 Å². The van der Waals surface area contributed by atoms with Crippen LogP contribution in [0.3, 0.4) is 0 Å². The Morgan fingerprint density at radius 3 is 3.15 bits per heavy atom. The molecule has 70 valence electrons. The lowest BCUT2D eigenvalue weighted by atomic mass is 10.2. The summed E-state index contributed by atoms with van der Waals surface area (Å²) in [6.07, 6.45) is 8.53. The number of rotatable bonds is 4. The molecule has 13 heavy (non-hydrogen) atoms. The highest BCUT2D eigenvalue weighted by atomic mass is 32.1. The van der Waals surface area contributed by atoms with E-state index in [-0.39, 0.29) is 0 Å². The Balaban J connectivity index is 2.74. The van der Waals surface area contributed by atoms with Crippen molar-refractivity contribution in [2.75, 3.05) is 12.9 Å². The van der Waals surface area contributed by atoms with Gasteiger partial charge in [-0.15, -0.1) is 0 Å². The van der Waals surface area contributed by atoms with E-state index in [1.807, 2.05) is 12.1 Å². The van der Waals surface area contributed by atoms with Crippen LogP contribution in [-0.2, 0) is 0 Å². The van der Waals surface area contributed by atoms with Crippen LogP contribution in [0.4, 0.5) is 0 Å². The van der Waals surface area contributed by atoms with Gasteiger partial charge >= 0.3 is 0 Å². The monoisotopic (exact) mass is 195 g/mol. The number of hydrogen-bond donors (Lipinski definition) is 1. The zero-order chi connectivity index (χ0) is 9.52. The fraction of sp³-hybridized carbons (Fsp3) is 0.300. The van der Waals surface area contributed by atoms with E-state index in [0.717, 1.165) is 23.5 Å². The van der Waals surface area contributed by atoms with Gasteiger partial charge in [0.05, 0.1) is 7.11 Å². The second-order valence-corrected chi connectivity index (χ2v) is 2.98. The lowest BCUT2D eigenvalue weighted by Crippen LogP contribution is -1.87. The van der Waals surface area contributed by atoms with E-state index in [1.165, 1.54) is 0 Å². The van der Waals surface area contributed by atoms with Crippen molar-refractivity contribution in [3.63, 3.8) is 0 Å². The number of nitrogens with zero attached hydrogens (tertiary/aromatic N) is 1.